The summed E-state index contributed by atoms with van der Waals surface area (Å²) in [6, 6.07) is 0.781. The number of hydrogen-bond donors (Lipinski definition) is 1. The number of hydrogen-bond acceptors (Lipinski definition) is 2. The SMILES string of the molecule is CCCc1c(CNC2CC2)cnn1CCC. The molecule has 1 aromatic heterocycles. The van der Waals surface area contributed by atoms with Gasteiger partial charge in [-0.2, -0.15) is 5.10 Å². The molecule has 0 amide bonds. The second-order valence-electron chi connectivity index (χ2n) is 4.74. The highest BCUT2D eigenvalue weighted by Crippen LogP contribution is 2.20. The van der Waals surface area contributed by atoms with Crippen molar-refractivity contribution in [2.45, 2.75) is 65.1 Å². The maximum absolute atomic E-state index is 4.50. The van der Waals surface area contributed by atoms with Crippen molar-refractivity contribution in [2.75, 3.05) is 0 Å². The first-order chi connectivity index (χ1) is 7.85. The highest BCUT2D eigenvalue weighted by molar-refractivity contribution is 5.18. The smallest absolute Gasteiger partial charge is 0.0537 e. The number of nitrogens with zero attached hydrogens (tertiary/aromatic N) is 2. The van der Waals surface area contributed by atoms with E-state index in [2.05, 4.69) is 35.1 Å². The Kier molecular flexibility index (Phi) is 3.99. The molecule has 0 saturated heterocycles. The lowest BCUT2D eigenvalue weighted by atomic mass is 10.1. The fourth-order valence-electron chi connectivity index (χ4n) is 2.07. The summed E-state index contributed by atoms with van der Waals surface area (Å²) in [6.45, 7) is 6.50. The van der Waals surface area contributed by atoms with E-state index in [0.29, 0.717) is 0 Å². The average molecular weight is 221 g/mol. The Balaban J connectivity index is 2.02. The second-order valence-corrected chi connectivity index (χ2v) is 4.74. The minimum Gasteiger partial charge on any atom is -0.310 e. The van der Waals surface area contributed by atoms with Crippen LogP contribution in [0.5, 0.6) is 0 Å². The van der Waals surface area contributed by atoms with Crippen LogP contribution < -0.4 is 5.32 Å². The molecule has 0 unspecified atom stereocenters. The molecule has 0 aliphatic heterocycles. The highest BCUT2D eigenvalue weighted by atomic mass is 15.3. The predicted molar refractivity (Wildman–Crippen MR) is 66.4 cm³/mol. The van der Waals surface area contributed by atoms with Crippen molar-refractivity contribution >= 4 is 0 Å². The normalized spacial score (nSPS) is 15.6. The van der Waals surface area contributed by atoms with Gasteiger partial charge in [0.25, 0.3) is 0 Å². The van der Waals surface area contributed by atoms with Gasteiger partial charge in [0.2, 0.25) is 0 Å². The standard InChI is InChI=1S/C13H23N3/c1-3-5-13-11(9-14-12-6-7-12)10-15-16(13)8-4-2/h10,12,14H,3-9H2,1-2H3. The lowest BCUT2D eigenvalue weighted by Crippen LogP contribution is -2.16. The van der Waals surface area contributed by atoms with Crippen LogP contribution in [-0.4, -0.2) is 15.8 Å². The maximum Gasteiger partial charge on any atom is 0.0537 e. The second kappa shape index (κ2) is 5.48. The van der Waals surface area contributed by atoms with E-state index in [1.54, 1.807) is 0 Å². The molecule has 16 heavy (non-hydrogen) atoms. The van der Waals surface area contributed by atoms with Crippen LogP contribution in [0.4, 0.5) is 0 Å². The van der Waals surface area contributed by atoms with E-state index in [-0.39, 0.29) is 0 Å². The molecular weight excluding hydrogens is 198 g/mol. The highest BCUT2D eigenvalue weighted by Gasteiger charge is 2.21. The van der Waals surface area contributed by atoms with Crippen LogP contribution in [0.15, 0.2) is 6.20 Å². The minimum absolute atomic E-state index is 0.781. The summed E-state index contributed by atoms with van der Waals surface area (Å²) >= 11 is 0. The van der Waals surface area contributed by atoms with Gasteiger partial charge >= 0.3 is 0 Å². The number of nitrogens with one attached hydrogen (secondary N) is 1. The van der Waals surface area contributed by atoms with E-state index >= 15 is 0 Å². The molecule has 0 atom stereocenters. The molecule has 0 bridgehead atoms. The minimum atomic E-state index is 0.781. The van der Waals surface area contributed by atoms with Crippen LogP contribution in [0.25, 0.3) is 0 Å². The summed E-state index contributed by atoms with van der Waals surface area (Å²) in [5.74, 6) is 0. The first-order valence-electron chi connectivity index (χ1n) is 6.62. The Morgan fingerprint density at radius 3 is 2.81 bits per heavy atom. The zero-order chi connectivity index (χ0) is 11.4. The summed E-state index contributed by atoms with van der Waals surface area (Å²) in [6.07, 6.45) is 8.27. The number of rotatable bonds is 7. The van der Waals surface area contributed by atoms with E-state index in [1.807, 2.05) is 0 Å². The van der Waals surface area contributed by atoms with Gasteiger partial charge in [0, 0.05) is 30.4 Å². The zero-order valence-corrected chi connectivity index (χ0v) is 10.5. The molecule has 3 heteroatoms. The van der Waals surface area contributed by atoms with E-state index < -0.39 is 0 Å². The molecule has 1 heterocycles. The van der Waals surface area contributed by atoms with Crippen LogP contribution in [0.2, 0.25) is 0 Å². The molecule has 1 aliphatic rings. The summed E-state index contributed by atoms with van der Waals surface area (Å²) < 4.78 is 2.19. The largest absolute Gasteiger partial charge is 0.310 e. The Morgan fingerprint density at radius 2 is 2.19 bits per heavy atom. The number of aromatic nitrogens is 2. The third kappa shape index (κ3) is 2.85. The summed E-state index contributed by atoms with van der Waals surface area (Å²) in [5, 5.41) is 8.07. The van der Waals surface area contributed by atoms with E-state index in [4.69, 9.17) is 0 Å². The molecule has 1 aliphatic carbocycles. The molecule has 0 spiro atoms. The van der Waals surface area contributed by atoms with Crippen molar-refractivity contribution in [3.8, 4) is 0 Å². The topological polar surface area (TPSA) is 29.9 Å². The van der Waals surface area contributed by atoms with Crippen molar-refractivity contribution in [1.82, 2.24) is 15.1 Å². The van der Waals surface area contributed by atoms with Gasteiger partial charge in [-0.1, -0.05) is 20.3 Å². The van der Waals surface area contributed by atoms with Crippen LogP contribution in [-0.2, 0) is 19.5 Å². The van der Waals surface area contributed by atoms with Crippen molar-refractivity contribution in [1.29, 1.82) is 0 Å². The molecule has 0 radical (unpaired) electrons. The van der Waals surface area contributed by atoms with Gasteiger partial charge in [0.15, 0.2) is 0 Å². The van der Waals surface area contributed by atoms with Gasteiger partial charge in [0.05, 0.1) is 6.20 Å². The lowest BCUT2D eigenvalue weighted by molar-refractivity contribution is 0.566. The first kappa shape index (κ1) is 11.6. The van der Waals surface area contributed by atoms with Gasteiger partial charge in [0.1, 0.15) is 0 Å². The van der Waals surface area contributed by atoms with Crippen LogP contribution in [0.3, 0.4) is 0 Å². The maximum atomic E-state index is 4.50. The Bertz CT molecular complexity index is 326. The molecule has 1 fully saturated rings. The van der Waals surface area contributed by atoms with Crippen molar-refractivity contribution < 1.29 is 0 Å². The third-order valence-corrected chi connectivity index (χ3v) is 3.12. The molecule has 0 aromatic carbocycles. The van der Waals surface area contributed by atoms with E-state index in [1.165, 1.54) is 30.5 Å². The molecule has 1 N–H and O–H groups in total. The molecule has 3 nitrogen and oxygen atoms in total. The predicted octanol–water partition coefficient (Wildman–Crippen LogP) is 2.50. The molecule has 1 aromatic rings. The van der Waals surface area contributed by atoms with Crippen molar-refractivity contribution in [3.05, 3.63) is 17.5 Å². The van der Waals surface area contributed by atoms with Crippen molar-refractivity contribution in [2.24, 2.45) is 0 Å². The van der Waals surface area contributed by atoms with E-state index in [9.17, 15) is 0 Å². The van der Waals surface area contributed by atoms with Gasteiger partial charge < -0.3 is 5.32 Å². The van der Waals surface area contributed by atoms with Crippen LogP contribution in [0.1, 0.15) is 50.8 Å². The average Bonchev–Trinajstić information content (AvgIpc) is 3.04. The summed E-state index contributed by atoms with van der Waals surface area (Å²) in [4.78, 5) is 0. The third-order valence-electron chi connectivity index (χ3n) is 3.12. The Labute approximate surface area is 98.2 Å². The zero-order valence-electron chi connectivity index (χ0n) is 10.5. The summed E-state index contributed by atoms with van der Waals surface area (Å²) in [5.41, 5.74) is 2.85. The monoisotopic (exact) mass is 221 g/mol. The van der Waals surface area contributed by atoms with Crippen LogP contribution >= 0.6 is 0 Å². The number of aryl methyl sites for hydroxylation is 1. The summed E-state index contributed by atoms with van der Waals surface area (Å²) in [7, 11) is 0. The van der Waals surface area contributed by atoms with Crippen LogP contribution in [0, 0.1) is 0 Å². The fraction of sp³-hybridized carbons (Fsp3) is 0.769. The Morgan fingerprint density at radius 1 is 1.38 bits per heavy atom. The fourth-order valence-corrected chi connectivity index (χ4v) is 2.07. The van der Waals surface area contributed by atoms with Crippen molar-refractivity contribution in [3.63, 3.8) is 0 Å². The molecular formula is C13H23N3. The molecule has 90 valence electrons. The van der Waals surface area contributed by atoms with Gasteiger partial charge in [-0.25, -0.2) is 0 Å². The quantitative estimate of drug-likeness (QED) is 0.766. The Hall–Kier alpha value is -0.830. The molecule has 2 rings (SSSR count). The van der Waals surface area contributed by atoms with Gasteiger partial charge in [-0.3, -0.25) is 4.68 Å². The van der Waals surface area contributed by atoms with E-state index in [0.717, 1.165) is 32.0 Å². The van der Waals surface area contributed by atoms with Gasteiger partial charge in [-0.05, 0) is 25.7 Å². The molecule has 1 saturated carbocycles. The van der Waals surface area contributed by atoms with Gasteiger partial charge in [-0.15, -0.1) is 0 Å². The first-order valence-corrected chi connectivity index (χ1v) is 6.62. The lowest BCUT2D eigenvalue weighted by Gasteiger charge is -2.08.